The highest BCUT2D eigenvalue weighted by Gasteiger charge is 2.24. The molecule has 2 aromatic heterocycles. The third-order valence-electron chi connectivity index (χ3n) is 4.41. The quantitative estimate of drug-likeness (QED) is 0.769. The van der Waals surface area contributed by atoms with E-state index in [0.29, 0.717) is 12.2 Å². The van der Waals surface area contributed by atoms with Crippen molar-refractivity contribution in [2.24, 2.45) is 5.92 Å². The van der Waals surface area contributed by atoms with Gasteiger partial charge in [-0.05, 0) is 37.1 Å². The molecule has 1 aliphatic rings. The van der Waals surface area contributed by atoms with Crippen molar-refractivity contribution in [3.63, 3.8) is 0 Å². The van der Waals surface area contributed by atoms with Gasteiger partial charge in [-0.25, -0.2) is 9.97 Å². The molecule has 3 heterocycles. The molecule has 1 aromatic carbocycles. The van der Waals surface area contributed by atoms with Crippen LogP contribution < -0.4 is 10.6 Å². The largest absolute Gasteiger partial charge is 0.340 e. The van der Waals surface area contributed by atoms with Crippen LogP contribution in [-0.4, -0.2) is 20.4 Å². The second-order valence-corrected chi connectivity index (χ2v) is 6.19. The van der Waals surface area contributed by atoms with Crippen LogP contribution in [-0.2, 0) is 17.8 Å². The van der Waals surface area contributed by atoms with Gasteiger partial charge in [-0.3, -0.25) is 4.79 Å². The Bertz CT molecular complexity index is 857. The summed E-state index contributed by atoms with van der Waals surface area (Å²) in [5, 5.41) is 6.18. The summed E-state index contributed by atoms with van der Waals surface area (Å²) in [5.41, 5.74) is 2.88. The number of nitrogens with one attached hydrogen (secondary N) is 2. The molecule has 3 aromatic rings. The number of carbonyl (C=O) groups is 1. The van der Waals surface area contributed by atoms with Gasteiger partial charge in [0, 0.05) is 24.1 Å². The number of nitrogens with zero attached hydrogens (tertiary/aromatic N) is 3. The fourth-order valence-electron chi connectivity index (χ4n) is 3.04. The van der Waals surface area contributed by atoms with E-state index in [2.05, 4.69) is 25.2 Å². The lowest BCUT2D eigenvalue weighted by atomic mass is 9.97. The Hall–Kier alpha value is -3.15. The SMILES string of the molecule is O=C(Nc1ccc(Nc2ccccc2)nc1)C1CCc2cncn2C1. The summed E-state index contributed by atoms with van der Waals surface area (Å²) in [6.07, 6.45) is 7.07. The maximum atomic E-state index is 12.5. The van der Waals surface area contributed by atoms with E-state index >= 15 is 0 Å². The molecule has 126 valence electrons. The summed E-state index contributed by atoms with van der Waals surface area (Å²) in [7, 11) is 0. The number of fused-ring (bicyclic) bond motifs is 1. The van der Waals surface area contributed by atoms with Gasteiger partial charge in [0.2, 0.25) is 5.91 Å². The number of aromatic nitrogens is 3. The number of pyridine rings is 1. The van der Waals surface area contributed by atoms with Crippen LogP contribution in [0.4, 0.5) is 17.2 Å². The molecule has 0 saturated heterocycles. The Balaban J connectivity index is 1.37. The predicted molar refractivity (Wildman–Crippen MR) is 96.6 cm³/mol. The highest BCUT2D eigenvalue weighted by atomic mass is 16.1. The van der Waals surface area contributed by atoms with Crippen LogP contribution in [0.2, 0.25) is 0 Å². The topological polar surface area (TPSA) is 71.8 Å². The minimum atomic E-state index is -0.0381. The van der Waals surface area contributed by atoms with E-state index in [0.717, 1.165) is 24.3 Å². The van der Waals surface area contributed by atoms with Crippen molar-refractivity contribution in [3.8, 4) is 0 Å². The molecular weight excluding hydrogens is 314 g/mol. The zero-order chi connectivity index (χ0) is 17.1. The number of carbonyl (C=O) groups excluding carboxylic acids is 1. The van der Waals surface area contributed by atoms with E-state index in [4.69, 9.17) is 0 Å². The van der Waals surface area contributed by atoms with Crippen LogP contribution >= 0.6 is 0 Å². The first kappa shape index (κ1) is 15.4. The first-order valence-corrected chi connectivity index (χ1v) is 8.36. The van der Waals surface area contributed by atoms with Crippen molar-refractivity contribution in [1.82, 2.24) is 14.5 Å². The molecule has 4 rings (SSSR count). The van der Waals surface area contributed by atoms with Gasteiger partial charge in [-0.1, -0.05) is 18.2 Å². The van der Waals surface area contributed by atoms with Gasteiger partial charge in [0.05, 0.1) is 24.1 Å². The summed E-state index contributed by atoms with van der Waals surface area (Å²) in [4.78, 5) is 21.0. The number of anilines is 3. The second kappa shape index (κ2) is 6.76. The third-order valence-corrected chi connectivity index (χ3v) is 4.41. The molecule has 6 heteroatoms. The highest BCUT2D eigenvalue weighted by molar-refractivity contribution is 5.92. The average molecular weight is 333 g/mol. The summed E-state index contributed by atoms with van der Waals surface area (Å²) in [6, 6.07) is 13.6. The molecule has 1 aliphatic heterocycles. The number of imidazole rings is 1. The Morgan fingerprint density at radius 3 is 2.76 bits per heavy atom. The number of benzene rings is 1. The van der Waals surface area contributed by atoms with Crippen LogP contribution in [0.25, 0.3) is 0 Å². The molecule has 0 fully saturated rings. The smallest absolute Gasteiger partial charge is 0.229 e. The van der Waals surface area contributed by atoms with E-state index in [-0.39, 0.29) is 11.8 Å². The Kier molecular flexibility index (Phi) is 4.16. The van der Waals surface area contributed by atoms with Crippen LogP contribution in [0, 0.1) is 5.92 Å². The molecule has 1 atom stereocenters. The van der Waals surface area contributed by atoms with Crippen LogP contribution in [0.5, 0.6) is 0 Å². The van der Waals surface area contributed by atoms with Crippen molar-refractivity contribution in [2.75, 3.05) is 10.6 Å². The summed E-state index contributed by atoms with van der Waals surface area (Å²) in [5.74, 6) is 0.735. The number of aryl methyl sites for hydroxylation is 1. The molecule has 0 bridgehead atoms. The van der Waals surface area contributed by atoms with E-state index in [1.807, 2.05) is 48.7 Å². The van der Waals surface area contributed by atoms with Crippen molar-refractivity contribution in [1.29, 1.82) is 0 Å². The molecule has 0 spiro atoms. The highest BCUT2D eigenvalue weighted by Crippen LogP contribution is 2.21. The lowest BCUT2D eigenvalue weighted by Gasteiger charge is -2.23. The third kappa shape index (κ3) is 3.52. The molecule has 2 N–H and O–H groups in total. The summed E-state index contributed by atoms with van der Waals surface area (Å²) >= 11 is 0. The summed E-state index contributed by atoms with van der Waals surface area (Å²) in [6.45, 7) is 0.683. The van der Waals surface area contributed by atoms with Crippen molar-refractivity contribution in [3.05, 3.63) is 66.9 Å². The minimum Gasteiger partial charge on any atom is -0.340 e. The standard InChI is InChI=1S/C19H19N5O/c25-19(14-6-8-17-11-20-13-24(17)12-14)23-16-7-9-18(21-10-16)22-15-4-2-1-3-5-15/h1-5,7,9-11,13-14H,6,8,12H2,(H,21,22)(H,23,25). The van der Waals surface area contributed by atoms with E-state index in [9.17, 15) is 4.79 Å². The lowest BCUT2D eigenvalue weighted by molar-refractivity contribution is -0.120. The molecule has 25 heavy (non-hydrogen) atoms. The maximum absolute atomic E-state index is 12.5. The van der Waals surface area contributed by atoms with Crippen LogP contribution in [0.1, 0.15) is 12.1 Å². The second-order valence-electron chi connectivity index (χ2n) is 6.19. The van der Waals surface area contributed by atoms with Crippen molar-refractivity contribution in [2.45, 2.75) is 19.4 Å². The van der Waals surface area contributed by atoms with Gasteiger partial charge in [0.15, 0.2) is 0 Å². The minimum absolute atomic E-state index is 0.0323. The molecule has 0 saturated carbocycles. The average Bonchev–Trinajstić information content (AvgIpc) is 3.12. The molecule has 0 radical (unpaired) electrons. The zero-order valence-electron chi connectivity index (χ0n) is 13.7. The fourth-order valence-corrected chi connectivity index (χ4v) is 3.04. The molecule has 1 unspecified atom stereocenters. The van der Waals surface area contributed by atoms with Gasteiger partial charge in [0.25, 0.3) is 0 Å². The monoisotopic (exact) mass is 333 g/mol. The molecule has 1 amide bonds. The predicted octanol–water partition coefficient (Wildman–Crippen LogP) is 3.22. The number of para-hydroxylation sites is 1. The van der Waals surface area contributed by atoms with E-state index in [1.54, 1.807) is 12.5 Å². The van der Waals surface area contributed by atoms with Crippen LogP contribution in [0.15, 0.2) is 61.2 Å². The zero-order valence-corrected chi connectivity index (χ0v) is 13.7. The lowest BCUT2D eigenvalue weighted by Crippen LogP contribution is -2.30. The Morgan fingerprint density at radius 1 is 1.08 bits per heavy atom. The Labute approximate surface area is 145 Å². The fraction of sp³-hybridized carbons (Fsp3) is 0.211. The first-order valence-electron chi connectivity index (χ1n) is 8.36. The van der Waals surface area contributed by atoms with E-state index in [1.165, 1.54) is 5.69 Å². The van der Waals surface area contributed by atoms with Crippen molar-refractivity contribution < 1.29 is 4.79 Å². The number of rotatable bonds is 4. The van der Waals surface area contributed by atoms with Crippen molar-refractivity contribution >= 4 is 23.1 Å². The van der Waals surface area contributed by atoms with E-state index < -0.39 is 0 Å². The van der Waals surface area contributed by atoms with Gasteiger partial charge in [-0.15, -0.1) is 0 Å². The normalized spacial score (nSPS) is 16.1. The van der Waals surface area contributed by atoms with Gasteiger partial charge in [0.1, 0.15) is 5.82 Å². The Morgan fingerprint density at radius 2 is 1.96 bits per heavy atom. The summed E-state index contributed by atoms with van der Waals surface area (Å²) < 4.78 is 2.05. The maximum Gasteiger partial charge on any atom is 0.229 e. The number of amides is 1. The van der Waals surface area contributed by atoms with Gasteiger partial charge in [-0.2, -0.15) is 0 Å². The van der Waals surface area contributed by atoms with Gasteiger partial charge < -0.3 is 15.2 Å². The molecule has 6 nitrogen and oxygen atoms in total. The first-order chi connectivity index (χ1) is 12.3. The number of hydrogen-bond acceptors (Lipinski definition) is 4. The number of hydrogen-bond donors (Lipinski definition) is 2. The molecule has 0 aliphatic carbocycles. The van der Waals surface area contributed by atoms with Gasteiger partial charge >= 0.3 is 0 Å². The molecular formula is C19H19N5O. The van der Waals surface area contributed by atoms with Crippen LogP contribution in [0.3, 0.4) is 0 Å².